The number of benzene rings is 1. The van der Waals surface area contributed by atoms with Crippen LogP contribution >= 0.6 is 22.9 Å². The molecule has 130 valence electrons. The van der Waals surface area contributed by atoms with Gasteiger partial charge >= 0.3 is 0 Å². The second-order valence-electron chi connectivity index (χ2n) is 6.16. The highest BCUT2D eigenvalue weighted by atomic mass is 35.5. The Bertz CT molecular complexity index is 795. The van der Waals surface area contributed by atoms with Crippen molar-refractivity contribution in [3.8, 4) is 10.8 Å². The zero-order chi connectivity index (χ0) is 17.1. The Hall–Kier alpha value is -1.73. The fourth-order valence-electron chi connectivity index (χ4n) is 2.96. The van der Waals surface area contributed by atoms with E-state index in [2.05, 4.69) is 32.1 Å². The van der Waals surface area contributed by atoms with E-state index in [0.29, 0.717) is 18.3 Å². The molecule has 0 N–H and O–H groups in total. The number of rotatable bonds is 5. The van der Waals surface area contributed by atoms with Gasteiger partial charge in [0.05, 0.1) is 11.4 Å². The van der Waals surface area contributed by atoms with Crippen LogP contribution in [-0.4, -0.2) is 46.2 Å². The molecule has 0 atom stereocenters. The van der Waals surface area contributed by atoms with Crippen LogP contribution < -0.4 is 0 Å². The maximum absolute atomic E-state index is 5.95. The van der Waals surface area contributed by atoms with Gasteiger partial charge in [-0.3, -0.25) is 9.80 Å². The van der Waals surface area contributed by atoms with Gasteiger partial charge in [0.25, 0.3) is 5.89 Å². The molecular weight excluding hydrogens is 356 g/mol. The maximum Gasteiger partial charge on any atom is 0.257 e. The lowest BCUT2D eigenvalue weighted by Crippen LogP contribution is -2.45. The number of piperazine rings is 1. The first kappa shape index (κ1) is 16.7. The highest BCUT2D eigenvalue weighted by Gasteiger charge is 2.19. The molecule has 1 saturated heterocycles. The van der Waals surface area contributed by atoms with Crippen LogP contribution in [0.15, 0.2) is 46.2 Å². The number of thiophene rings is 1. The van der Waals surface area contributed by atoms with Crippen molar-refractivity contribution in [2.75, 3.05) is 26.2 Å². The zero-order valence-corrected chi connectivity index (χ0v) is 15.3. The van der Waals surface area contributed by atoms with E-state index in [1.54, 1.807) is 11.3 Å². The summed E-state index contributed by atoms with van der Waals surface area (Å²) in [6, 6.07) is 12.1. The van der Waals surface area contributed by atoms with Crippen molar-refractivity contribution in [3.05, 3.63) is 58.3 Å². The lowest BCUT2D eigenvalue weighted by molar-refractivity contribution is 0.114. The first-order valence-corrected chi connectivity index (χ1v) is 9.57. The van der Waals surface area contributed by atoms with Crippen LogP contribution in [0.5, 0.6) is 0 Å². The van der Waals surface area contributed by atoms with Crippen molar-refractivity contribution >= 4 is 22.9 Å². The van der Waals surface area contributed by atoms with Crippen LogP contribution in [0.2, 0.25) is 5.02 Å². The van der Waals surface area contributed by atoms with E-state index >= 15 is 0 Å². The Morgan fingerprint density at radius 1 is 0.960 bits per heavy atom. The van der Waals surface area contributed by atoms with Crippen LogP contribution in [0, 0.1) is 0 Å². The fourth-order valence-corrected chi connectivity index (χ4v) is 3.73. The topological polar surface area (TPSA) is 45.4 Å². The van der Waals surface area contributed by atoms with Crippen molar-refractivity contribution < 1.29 is 4.42 Å². The van der Waals surface area contributed by atoms with Gasteiger partial charge in [-0.1, -0.05) is 29.8 Å². The average Bonchev–Trinajstić information content (AvgIpc) is 3.30. The largest absolute Gasteiger partial charge is 0.419 e. The summed E-state index contributed by atoms with van der Waals surface area (Å²) in [4.78, 5) is 5.85. The van der Waals surface area contributed by atoms with Gasteiger partial charge in [-0.05, 0) is 29.1 Å². The molecule has 2 aromatic heterocycles. The molecule has 0 saturated carbocycles. The highest BCUT2D eigenvalue weighted by molar-refractivity contribution is 7.13. The summed E-state index contributed by atoms with van der Waals surface area (Å²) in [5.74, 6) is 1.31. The quantitative estimate of drug-likeness (QED) is 0.680. The lowest BCUT2D eigenvalue weighted by Gasteiger charge is -2.33. The molecule has 1 aliphatic rings. The average molecular weight is 375 g/mol. The predicted molar refractivity (Wildman–Crippen MR) is 99.6 cm³/mol. The molecule has 1 aromatic carbocycles. The molecule has 0 amide bonds. The third-order valence-electron chi connectivity index (χ3n) is 4.34. The summed E-state index contributed by atoms with van der Waals surface area (Å²) >= 11 is 7.56. The number of nitrogens with zero attached hydrogens (tertiary/aromatic N) is 4. The van der Waals surface area contributed by atoms with Gasteiger partial charge in [0, 0.05) is 37.7 Å². The second kappa shape index (κ2) is 7.66. The van der Waals surface area contributed by atoms with Gasteiger partial charge in [-0.15, -0.1) is 21.5 Å². The maximum atomic E-state index is 5.95. The molecule has 0 bridgehead atoms. The molecule has 1 fully saturated rings. The molecule has 0 aliphatic carbocycles. The van der Waals surface area contributed by atoms with E-state index in [0.717, 1.165) is 42.6 Å². The molecule has 25 heavy (non-hydrogen) atoms. The van der Waals surface area contributed by atoms with Crippen LogP contribution in [0.25, 0.3) is 10.8 Å². The molecule has 3 heterocycles. The van der Waals surface area contributed by atoms with Gasteiger partial charge in [0.2, 0.25) is 5.89 Å². The lowest BCUT2D eigenvalue weighted by atomic mass is 10.2. The van der Waals surface area contributed by atoms with Crippen LogP contribution in [0.3, 0.4) is 0 Å². The van der Waals surface area contributed by atoms with E-state index in [4.69, 9.17) is 16.0 Å². The molecule has 0 unspecified atom stereocenters. The van der Waals surface area contributed by atoms with Gasteiger partial charge in [0.15, 0.2) is 0 Å². The van der Waals surface area contributed by atoms with E-state index in [1.165, 1.54) is 5.56 Å². The minimum atomic E-state index is 0.617. The Labute approximate surface area is 155 Å². The molecule has 7 heteroatoms. The molecule has 4 rings (SSSR count). The smallest absolute Gasteiger partial charge is 0.257 e. The predicted octanol–water partition coefficient (Wildman–Crippen LogP) is 3.77. The van der Waals surface area contributed by atoms with Gasteiger partial charge in [0.1, 0.15) is 0 Å². The van der Waals surface area contributed by atoms with E-state index in [-0.39, 0.29) is 0 Å². The third-order valence-corrected chi connectivity index (χ3v) is 5.45. The van der Waals surface area contributed by atoms with Crippen molar-refractivity contribution in [3.63, 3.8) is 0 Å². The van der Waals surface area contributed by atoms with Crippen LogP contribution in [0.1, 0.15) is 11.5 Å². The van der Waals surface area contributed by atoms with Gasteiger partial charge < -0.3 is 4.42 Å². The SMILES string of the molecule is Clc1ccc(CN2CCN(Cc3nnc(-c4cccs4)o3)CC2)cc1. The summed E-state index contributed by atoms with van der Waals surface area (Å²) in [7, 11) is 0. The summed E-state index contributed by atoms with van der Waals surface area (Å²) in [6.07, 6.45) is 0. The Morgan fingerprint density at radius 2 is 1.68 bits per heavy atom. The van der Waals surface area contributed by atoms with Crippen LogP contribution in [-0.2, 0) is 13.1 Å². The summed E-state index contributed by atoms with van der Waals surface area (Å²) < 4.78 is 5.78. The number of aromatic nitrogens is 2. The summed E-state index contributed by atoms with van der Waals surface area (Å²) in [5.41, 5.74) is 1.30. The fraction of sp³-hybridized carbons (Fsp3) is 0.333. The van der Waals surface area contributed by atoms with Gasteiger partial charge in [-0.2, -0.15) is 0 Å². The Kier molecular flexibility index (Phi) is 5.12. The first-order valence-electron chi connectivity index (χ1n) is 8.32. The Morgan fingerprint density at radius 3 is 2.36 bits per heavy atom. The highest BCUT2D eigenvalue weighted by Crippen LogP contribution is 2.23. The number of halogens is 1. The van der Waals surface area contributed by atoms with Crippen molar-refractivity contribution in [1.29, 1.82) is 0 Å². The molecule has 0 spiro atoms. The number of hydrogen-bond acceptors (Lipinski definition) is 6. The van der Waals surface area contributed by atoms with Crippen LogP contribution in [0.4, 0.5) is 0 Å². The second-order valence-corrected chi connectivity index (χ2v) is 7.54. The normalized spacial score (nSPS) is 16.4. The van der Waals surface area contributed by atoms with Crippen molar-refractivity contribution in [2.45, 2.75) is 13.1 Å². The third kappa shape index (κ3) is 4.27. The number of hydrogen-bond donors (Lipinski definition) is 0. The Balaban J connectivity index is 1.28. The standard InChI is InChI=1S/C18H19ClN4OS/c19-15-5-3-14(4-6-15)12-22-7-9-23(10-8-22)13-17-20-21-18(24-17)16-2-1-11-25-16/h1-6,11H,7-10,12-13H2. The monoisotopic (exact) mass is 374 g/mol. The van der Waals surface area contributed by atoms with Gasteiger partial charge in [-0.25, -0.2) is 0 Å². The molecule has 1 aliphatic heterocycles. The van der Waals surface area contributed by atoms with E-state index < -0.39 is 0 Å². The van der Waals surface area contributed by atoms with Crippen molar-refractivity contribution in [2.24, 2.45) is 0 Å². The molecule has 5 nitrogen and oxygen atoms in total. The molecular formula is C18H19ClN4OS. The van der Waals surface area contributed by atoms with Crippen molar-refractivity contribution in [1.82, 2.24) is 20.0 Å². The minimum absolute atomic E-state index is 0.617. The molecule has 3 aromatic rings. The zero-order valence-electron chi connectivity index (χ0n) is 13.8. The summed E-state index contributed by atoms with van der Waals surface area (Å²) in [6.45, 7) is 5.76. The first-order chi connectivity index (χ1) is 12.3. The minimum Gasteiger partial charge on any atom is -0.419 e. The van der Waals surface area contributed by atoms with E-state index in [1.807, 2.05) is 29.6 Å². The summed E-state index contributed by atoms with van der Waals surface area (Å²) in [5, 5.41) is 11.1. The van der Waals surface area contributed by atoms with E-state index in [9.17, 15) is 0 Å². The molecule has 0 radical (unpaired) electrons.